The van der Waals surface area contributed by atoms with Crippen LogP contribution in [0.4, 0.5) is 5.69 Å². The highest BCUT2D eigenvalue weighted by atomic mass is 32.2. The first-order valence-electron chi connectivity index (χ1n) is 9.14. The van der Waals surface area contributed by atoms with Gasteiger partial charge >= 0.3 is 0 Å². The summed E-state index contributed by atoms with van der Waals surface area (Å²) < 4.78 is 33.0. The van der Waals surface area contributed by atoms with Crippen LogP contribution in [0.3, 0.4) is 0 Å². The molecule has 0 aliphatic rings. The molecule has 0 unspecified atom stereocenters. The maximum absolute atomic E-state index is 12.9. The highest BCUT2D eigenvalue weighted by molar-refractivity contribution is 7.88. The van der Waals surface area contributed by atoms with E-state index < -0.39 is 21.5 Å². The summed E-state index contributed by atoms with van der Waals surface area (Å²) in [5.74, 6) is 0.0432. The Bertz CT molecular complexity index is 1130. The van der Waals surface area contributed by atoms with Crippen LogP contribution in [0, 0.1) is 0 Å². The van der Waals surface area contributed by atoms with E-state index in [1.165, 1.54) is 13.8 Å². The van der Waals surface area contributed by atoms with Crippen LogP contribution in [0.25, 0.3) is 10.8 Å². The number of amides is 1. The minimum Gasteiger partial charge on any atom is -0.496 e. The molecule has 29 heavy (non-hydrogen) atoms. The van der Waals surface area contributed by atoms with Crippen molar-refractivity contribution in [1.82, 2.24) is 4.72 Å². The third-order valence-corrected chi connectivity index (χ3v) is 6.06. The van der Waals surface area contributed by atoms with Gasteiger partial charge in [-0.3, -0.25) is 4.79 Å². The Hall–Kier alpha value is -2.90. The predicted molar refractivity (Wildman–Crippen MR) is 115 cm³/mol. The van der Waals surface area contributed by atoms with Gasteiger partial charge in [0.2, 0.25) is 15.9 Å². The first-order valence-corrected chi connectivity index (χ1v) is 10.8. The molecule has 3 rings (SSSR count). The molecule has 7 heteroatoms. The molecule has 0 bridgehead atoms. The van der Waals surface area contributed by atoms with Crippen molar-refractivity contribution >= 4 is 32.4 Å². The average molecular weight is 413 g/mol. The number of carbonyl (C=O) groups is 1. The standard InChI is InChI=1S/C22H24N2O4S/c1-22(2,24-29(26,27)15-16-9-5-4-6-10-16)21(25)23-19-13-14-20(28-3)18-12-8-7-11-17(18)19/h4-14,24H,15H2,1-3H3,(H,23,25). The third-order valence-electron chi connectivity index (χ3n) is 4.53. The zero-order valence-corrected chi connectivity index (χ0v) is 17.4. The van der Waals surface area contributed by atoms with Gasteiger partial charge in [0, 0.05) is 16.5 Å². The second-order valence-corrected chi connectivity index (χ2v) is 9.01. The first-order chi connectivity index (χ1) is 13.7. The Morgan fingerprint density at radius 2 is 1.55 bits per heavy atom. The van der Waals surface area contributed by atoms with Crippen LogP contribution in [-0.4, -0.2) is 27.0 Å². The number of sulfonamides is 1. The number of carbonyl (C=O) groups excluding carboxylic acids is 1. The topological polar surface area (TPSA) is 84.5 Å². The molecule has 0 radical (unpaired) electrons. The molecule has 3 aromatic carbocycles. The number of methoxy groups -OCH3 is 1. The summed E-state index contributed by atoms with van der Waals surface area (Å²) in [6.45, 7) is 3.08. The lowest BCUT2D eigenvalue weighted by molar-refractivity contribution is -0.120. The normalized spacial score (nSPS) is 12.0. The Balaban J connectivity index is 1.80. The van der Waals surface area contributed by atoms with E-state index in [4.69, 9.17) is 4.74 Å². The summed E-state index contributed by atoms with van der Waals surface area (Å²) in [5.41, 5.74) is -0.103. The molecule has 3 aromatic rings. The van der Waals surface area contributed by atoms with E-state index in [0.717, 1.165) is 10.8 Å². The Kier molecular flexibility index (Phi) is 5.91. The lowest BCUT2D eigenvalue weighted by atomic mass is 10.0. The van der Waals surface area contributed by atoms with E-state index in [1.807, 2.05) is 30.3 Å². The summed E-state index contributed by atoms with van der Waals surface area (Å²) >= 11 is 0. The maximum Gasteiger partial charge on any atom is 0.245 e. The van der Waals surface area contributed by atoms with Crippen molar-refractivity contribution in [2.75, 3.05) is 12.4 Å². The molecule has 0 saturated carbocycles. The van der Waals surface area contributed by atoms with Crippen LogP contribution < -0.4 is 14.8 Å². The van der Waals surface area contributed by atoms with E-state index in [2.05, 4.69) is 10.0 Å². The lowest BCUT2D eigenvalue weighted by Gasteiger charge is -2.25. The van der Waals surface area contributed by atoms with Crippen LogP contribution >= 0.6 is 0 Å². The summed E-state index contributed by atoms with van der Waals surface area (Å²) in [7, 11) is -2.13. The van der Waals surface area contributed by atoms with Gasteiger partial charge in [-0.25, -0.2) is 8.42 Å². The summed E-state index contributed by atoms with van der Waals surface area (Å²) in [4.78, 5) is 12.9. The Morgan fingerprint density at radius 3 is 2.21 bits per heavy atom. The van der Waals surface area contributed by atoms with E-state index in [-0.39, 0.29) is 5.75 Å². The predicted octanol–water partition coefficient (Wildman–Crippen LogP) is 3.69. The maximum atomic E-state index is 12.9. The van der Waals surface area contributed by atoms with Gasteiger partial charge in [-0.15, -0.1) is 0 Å². The van der Waals surface area contributed by atoms with Crippen LogP contribution in [0.5, 0.6) is 5.75 Å². The average Bonchev–Trinajstić information content (AvgIpc) is 2.67. The zero-order valence-electron chi connectivity index (χ0n) is 16.6. The minimum atomic E-state index is -3.71. The Labute approximate surface area is 170 Å². The van der Waals surface area contributed by atoms with Crippen molar-refractivity contribution in [2.24, 2.45) is 0 Å². The second-order valence-electron chi connectivity index (χ2n) is 7.29. The number of rotatable bonds is 7. The van der Waals surface area contributed by atoms with E-state index in [9.17, 15) is 13.2 Å². The number of nitrogens with one attached hydrogen (secondary N) is 2. The first kappa shape index (κ1) is 20.8. The fourth-order valence-electron chi connectivity index (χ4n) is 3.10. The molecule has 0 saturated heterocycles. The third kappa shape index (κ3) is 4.93. The summed E-state index contributed by atoms with van der Waals surface area (Å²) in [6, 6.07) is 19.9. The molecule has 0 atom stereocenters. The zero-order chi connectivity index (χ0) is 21.1. The minimum absolute atomic E-state index is 0.198. The van der Waals surface area contributed by atoms with Crippen LogP contribution in [0.15, 0.2) is 66.7 Å². The van der Waals surface area contributed by atoms with Gasteiger partial charge < -0.3 is 10.1 Å². The SMILES string of the molecule is COc1ccc(NC(=O)C(C)(C)NS(=O)(=O)Cc2ccccc2)c2ccccc12. The molecule has 152 valence electrons. The van der Waals surface area contributed by atoms with E-state index >= 15 is 0 Å². The molecule has 0 spiro atoms. The summed E-state index contributed by atoms with van der Waals surface area (Å²) in [6.07, 6.45) is 0. The molecular formula is C22H24N2O4S. The lowest BCUT2D eigenvalue weighted by Crippen LogP contribution is -2.52. The summed E-state index contributed by atoms with van der Waals surface area (Å²) in [5, 5.41) is 4.51. The molecule has 0 heterocycles. The number of ether oxygens (including phenoxy) is 1. The van der Waals surface area contributed by atoms with E-state index in [0.29, 0.717) is 17.0 Å². The molecular weight excluding hydrogens is 388 g/mol. The number of hydrogen-bond acceptors (Lipinski definition) is 4. The molecule has 2 N–H and O–H groups in total. The quantitative estimate of drug-likeness (QED) is 0.620. The van der Waals surface area contributed by atoms with Crippen molar-refractivity contribution < 1.29 is 17.9 Å². The number of anilines is 1. The van der Waals surface area contributed by atoms with Gasteiger partial charge in [-0.1, -0.05) is 54.6 Å². The monoisotopic (exact) mass is 412 g/mol. The molecule has 6 nitrogen and oxygen atoms in total. The van der Waals surface area contributed by atoms with Gasteiger partial charge in [0.15, 0.2) is 0 Å². The van der Waals surface area contributed by atoms with Crippen LogP contribution in [0.1, 0.15) is 19.4 Å². The van der Waals surface area contributed by atoms with Gasteiger partial charge in [-0.2, -0.15) is 4.72 Å². The smallest absolute Gasteiger partial charge is 0.245 e. The highest BCUT2D eigenvalue weighted by Gasteiger charge is 2.33. The second kappa shape index (κ2) is 8.23. The van der Waals surface area contributed by atoms with Crippen molar-refractivity contribution in [3.8, 4) is 5.75 Å². The van der Waals surface area contributed by atoms with Crippen molar-refractivity contribution in [3.63, 3.8) is 0 Å². The molecule has 0 fully saturated rings. The number of hydrogen-bond donors (Lipinski definition) is 2. The van der Waals surface area contributed by atoms with Gasteiger partial charge in [-0.05, 0) is 31.5 Å². The molecule has 0 aromatic heterocycles. The number of fused-ring (bicyclic) bond motifs is 1. The molecule has 0 aliphatic heterocycles. The van der Waals surface area contributed by atoms with Crippen molar-refractivity contribution in [1.29, 1.82) is 0 Å². The van der Waals surface area contributed by atoms with E-state index in [1.54, 1.807) is 43.5 Å². The van der Waals surface area contributed by atoms with Crippen molar-refractivity contribution in [3.05, 3.63) is 72.3 Å². The van der Waals surface area contributed by atoms with Gasteiger partial charge in [0.25, 0.3) is 0 Å². The fraction of sp³-hybridized carbons (Fsp3) is 0.227. The fourth-order valence-corrected chi connectivity index (χ4v) is 4.68. The number of benzene rings is 3. The van der Waals surface area contributed by atoms with Crippen LogP contribution in [0.2, 0.25) is 0 Å². The molecule has 0 aliphatic carbocycles. The highest BCUT2D eigenvalue weighted by Crippen LogP contribution is 2.31. The largest absolute Gasteiger partial charge is 0.496 e. The van der Waals surface area contributed by atoms with Crippen molar-refractivity contribution in [2.45, 2.75) is 25.1 Å². The molecule has 1 amide bonds. The van der Waals surface area contributed by atoms with Gasteiger partial charge in [0.1, 0.15) is 11.3 Å². The Morgan fingerprint density at radius 1 is 0.931 bits per heavy atom. The van der Waals surface area contributed by atoms with Crippen LogP contribution in [-0.2, 0) is 20.6 Å². The van der Waals surface area contributed by atoms with Gasteiger partial charge in [0.05, 0.1) is 12.9 Å².